The molecule has 0 heterocycles. The molecule has 0 bridgehead atoms. The van der Waals surface area contributed by atoms with Gasteiger partial charge in [-0.2, -0.15) is 0 Å². The zero-order valence-electron chi connectivity index (χ0n) is 8.47. The zero-order chi connectivity index (χ0) is 11.0. The highest BCUT2D eigenvalue weighted by atomic mass is 19.2. The number of carbonyl (C=O) groups is 1. The molecular formula is C12H12F2O. The molecule has 0 N–H and O–H groups in total. The summed E-state index contributed by atoms with van der Waals surface area (Å²) < 4.78 is 26.5. The van der Waals surface area contributed by atoms with Gasteiger partial charge in [0.15, 0.2) is 11.6 Å². The summed E-state index contributed by atoms with van der Waals surface area (Å²) in [5.41, 5.74) is 0.341. The van der Waals surface area contributed by atoms with Crippen LogP contribution in [-0.2, 0) is 4.79 Å². The van der Waals surface area contributed by atoms with Crippen LogP contribution in [0.4, 0.5) is 8.78 Å². The largest absolute Gasteiger partial charge is 0.299 e. The highest BCUT2D eigenvalue weighted by molar-refractivity contribution is 5.84. The Morgan fingerprint density at radius 1 is 1.33 bits per heavy atom. The van der Waals surface area contributed by atoms with Crippen molar-refractivity contribution in [2.45, 2.75) is 25.7 Å². The van der Waals surface area contributed by atoms with Gasteiger partial charge in [0, 0.05) is 12.3 Å². The molecule has 0 spiro atoms. The summed E-state index contributed by atoms with van der Waals surface area (Å²) in [6.45, 7) is 1.78. The number of hydrogen-bond acceptors (Lipinski definition) is 1. The van der Waals surface area contributed by atoms with Crippen molar-refractivity contribution < 1.29 is 13.6 Å². The van der Waals surface area contributed by atoms with Gasteiger partial charge in [-0.1, -0.05) is 19.1 Å². The van der Waals surface area contributed by atoms with Crippen LogP contribution in [0.3, 0.4) is 0 Å². The Balaban J connectivity index is 2.38. The molecule has 1 aromatic rings. The number of Topliss-reactive ketones (excluding diaryl/α,β-unsaturated/α-hetero) is 1. The lowest BCUT2D eigenvalue weighted by Crippen LogP contribution is -2.10. The fourth-order valence-electron chi connectivity index (χ4n) is 2.23. The summed E-state index contributed by atoms with van der Waals surface area (Å²) in [6, 6.07) is 4.15. The fourth-order valence-corrected chi connectivity index (χ4v) is 2.23. The first-order chi connectivity index (χ1) is 7.11. The van der Waals surface area contributed by atoms with Crippen LogP contribution in [0.1, 0.15) is 31.2 Å². The van der Waals surface area contributed by atoms with Crippen LogP contribution in [0.2, 0.25) is 0 Å². The van der Waals surface area contributed by atoms with Crippen LogP contribution >= 0.6 is 0 Å². The molecule has 1 fully saturated rings. The van der Waals surface area contributed by atoms with Crippen LogP contribution in [0.25, 0.3) is 0 Å². The average Bonchev–Trinajstić information content (AvgIpc) is 2.53. The molecule has 0 radical (unpaired) electrons. The molecule has 1 aliphatic rings. The van der Waals surface area contributed by atoms with E-state index in [1.807, 2.05) is 0 Å². The molecule has 0 saturated heterocycles. The zero-order valence-corrected chi connectivity index (χ0v) is 8.47. The molecule has 0 amide bonds. The van der Waals surface area contributed by atoms with Gasteiger partial charge in [0.1, 0.15) is 5.78 Å². The molecule has 3 heteroatoms. The van der Waals surface area contributed by atoms with Crippen LogP contribution < -0.4 is 0 Å². The predicted molar refractivity (Wildman–Crippen MR) is 52.5 cm³/mol. The fraction of sp³-hybridized carbons (Fsp3) is 0.417. The average molecular weight is 210 g/mol. The van der Waals surface area contributed by atoms with Crippen molar-refractivity contribution in [1.82, 2.24) is 0 Å². The summed E-state index contributed by atoms with van der Waals surface area (Å²) >= 11 is 0. The summed E-state index contributed by atoms with van der Waals surface area (Å²) in [5.74, 6) is -1.85. The molecule has 15 heavy (non-hydrogen) atoms. The van der Waals surface area contributed by atoms with Crippen molar-refractivity contribution >= 4 is 5.78 Å². The van der Waals surface area contributed by atoms with Gasteiger partial charge < -0.3 is 0 Å². The summed E-state index contributed by atoms with van der Waals surface area (Å²) in [4.78, 5) is 11.3. The van der Waals surface area contributed by atoms with Crippen LogP contribution in [0, 0.1) is 17.6 Å². The number of hydrogen-bond donors (Lipinski definition) is 0. The number of benzene rings is 1. The Morgan fingerprint density at radius 3 is 2.67 bits per heavy atom. The van der Waals surface area contributed by atoms with Crippen molar-refractivity contribution in [2.75, 3.05) is 0 Å². The second-order valence-corrected chi connectivity index (χ2v) is 4.04. The highest BCUT2D eigenvalue weighted by Gasteiger charge is 2.33. The van der Waals surface area contributed by atoms with Gasteiger partial charge in [-0.3, -0.25) is 4.79 Å². The maximum Gasteiger partial charge on any atom is 0.162 e. The molecule has 1 aromatic carbocycles. The number of rotatable bonds is 1. The molecule has 0 aliphatic heterocycles. The monoisotopic (exact) mass is 210 g/mol. The Hall–Kier alpha value is -1.25. The number of carbonyl (C=O) groups excluding carboxylic acids is 1. The van der Waals surface area contributed by atoms with E-state index >= 15 is 0 Å². The van der Waals surface area contributed by atoms with E-state index in [-0.39, 0.29) is 17.6 Å². The smallest absolute Gasteiger partial charge is 0.162 e. The SMILES string of the molecule is CC1C(=O)CCC1c1cccc(F)c1F. The summed E-state index contributed by atoms with van der Waals surface area (Å²) in [7, 11) is 0. The van der Waals surface area contributed by atoms with E-state index in [1.54, 1.807) is 13.0 Å². The van der Waals surface area contributed by atoms with Gasteiger partial charge >= 0.3 is 0 Å². The predicted octanol–water partition coefficient (Wildman–Crippen LogP) is 3.05. The molecule has 2 rings (SSSR count). The third kappa shape index (κ3) is 1.66. The summed E-state index contributed by atoms with van der Waals surface area (Å²) in [6.07, 6.45) is 1.10. The van der Waals surface area contributed by atoms with E-state index in [0.717, 1.165) is 6.07 Å². The standard InChI is InChI=1S/C12H12F2O/c1-7-8(5-6-11(7)15)9-3-2-4-10(13)12(9)14/h2-4,7-8H,5-6H2,1H3. The van der Waals surface area contributed by atoms with Crippen LogP contribution in [0.5, 0.6) is 0 Å². The molecule has 80 valence electrons. The normalized spacial score (nSPS) is 25.9. The lowest BCUT2D eigenvalue weighted by molar-refractivity contribution is -0.120. The highest BCUT2D eigenvalue weighted by Crippen LogP contribution is 2.38. The molecule has 0 aromatic heterocycles. The number of ketones is 1. The minimum atomic E-state index is -0.834. The van der Waals surface area contributed by atoms with Gasteiger partial charge in [-0.25, -0.2) is 8.78 Å². The molecule has 2 unspecified atom stereocenters. The van der Waals surface area contributed by atoms with Crippen LogP contribution in [-0.4, -0.2) is 5.78 Å². The maximum atomic E-state index is 13.5. The Kier molecular flexibility index (Phi) is 2.55. The van der Waals surface area contributed by atoms with Gasteiger partial charge in [0.2, 0.25) is 0 Å². The van der Waals surface area contributed by atoms with E-state index in [1.165, 1.54) is 6.07 Å². The van der Waals surface area contributed by atoms with Gasteiger partial charge in [0.25, 0.3) is 0 Å². The molecular weight excluding hydrogens is 198 g/mol. The Labute approximate surface area is 87.1 Å². The van der Waals surface area contributed by atoms with Crippen molar-refractivity contribution in [1.29, 1.82) is 0 Å². The first kappa shape index (κ1) is 10.3. The van der Waals surface area contributed by atoms with Gasteiger partial charge in [-0.15, -0.1) is 0 Å². The van der Waals surface area contributed by atoms with E-state index < -0.39 is 11.6 Å². The third-order valence-electron chi connectivity index (χ3n) is 3.19. The minimum absolute atomic E-state index is 0.142. The first-order valence-electron chi connectivity index (χ1n) is 5.08. The van der Waals surface area contributed by atoms with Crippen molar-refractivity contribution in [3.8, 4) is 0 Å². The summed E-state index contributed by atoms with van der Waals surface area (Å²) in [5, 5.41) is 0. The van der Waals surface area contributed by atoms with E-state index in [0.29, 0.717) is 18.4 Å². The maximum absolute atomic E-state index is 13.5. The van der Waals surface area contributed by atoms with Gasteiger partial charge in [0.05, 0.1) is 0 Å². The second-order valence-electron chi connectivity index (χ2n) is 4.04. The molecule has 2 atom stereocenters. The number of halogens is 2. The topological polar surface area (TPSA) is 17.1 Å². The third-order valence-corrected chi connectivity index (χ3v) is 3.19. The Bertz CT molecular complexity index is 401. The van der Waals surface area contributed by atoms with E-state index in [4.69, 9.17) is 0 Å². The lowest BCUT2D eigenvalue weighted by atomic mass is 9.89. The van der Waals surface area contributed by atoms with E-state index in [9.17, 15) is 13.6 Å². The van der Waals surface area contributed by atoms with Crippen molar-refractivity contribution in [3.63, 3.8) is 0 Å². The van der Waals surface area contributed by atoms with Gasteiger partial charge in [-0.05, 0) is 24.0 Å². The van der Waals surface area contributed by atoms with Crippen molar-refractivity contribution in [2.24, 2.45) is 5.92 Å². The Morgan fingerprint density at radius 2 is 2.07 bits per heavy atom. The first-order valence-corrected chi connectivity index (χ1v) is 5.08. The van der Waals surface area contributed by atoms with Crippen molar-refractivity contribution in [3.05, 3.63) is 35.4 Å². The molecule has 1 nitrogen and oxygen atoms in total. The quantitative estimate of drug-likeness (QED) is 0.696. The molecule has 1 aliphatic carbocycles. The lowest BCUT2D eigenvalue weighted by Gasteiger charge is -2.15. The van der Waals surface area contributed by atoms with Crippen LogP contribution in [0.15, 0.2) is 18.2 Å². The minimum Gasteiger partial charge on any atom is -0.299 e. The van der Waals surface area contributed by atoms with E-state index in [2.05, 4.69) is 0 Å². The molecule has 1 saturated carbocycles. The second kappa shape index (κ2) is 3.72.